The average Bonchev–Trinajstić information content (AvgIpc) is 3.18. The van der Waals surface area contributed by atoms with Gasteiger partial charge in [0.2, 0.25) is 5.91 Å². The summed E-state index contributed by atoms with van der Waals surface area (Å²) >= 11 is 0. The van der Waals surface area contributed by atoms with Crippen molar-refractivity contribution in [3.05, 3.63) is 30.1 Å². The summed E-state index contributed by atoms with van der Waals surface area (Å²) in [7, 11) is 2.15. The Balaban J connectivity index is 1.33. The van der Waals surface area contributed by atoms with Crippen molar-refractivity contribution in [2.75, 3.05) is 39.8 Å². The van der Waals surface area contributed by atoms with Gasteiger partial charge >= 0.3 is 0 Å². The van der Waals surface area contributed by atoms with Crippen molar-refractivity contribution in [2.45, 2.75) is 44.3 Å². The highest BCUT2D eigenvalue weighted by molar-refractivity contribution is 5.77. The van der Waals surface area contributed by atoms with E-state index in [9.17, 15) is 9.90 Å². The van der Waals surface area contributed by atoms with Gasteiger partial charge in [0.05, 0.1) is 30.9 Å². The minimum Gasteiger partial charge on any atom is -0.389 e. The van der Waals surface area contributed by atoms with Crippen molar-refractivity contribution in [1.29, 1.82) is 0 Å². The number of amides is 1. The summed E-state index contributed by atoms with van der Waals surface area (Å²) in [6, 6.07) is 5.87. The molecule has 0 bridgehead atoms. The summed E-state index contributed by atoms with van der Waals surface area (Å²) in [5.41, 5.74) is 0.344. The number of carbonyl (C=O) groups is 1. The zero-order valence-electron chi connectivity index (χ0n) is 16.3. The summed E-state index contributed by atoms with van der Waals surface area (Å²) in [6.07, 6.45) is 5.68. The lowest BCUT2D eigenvalue weighted by molar-refractivity contribution is -0.139. The van der Waals surface area contributed by atoms with E-state index in [2.05, 4.69) is 16.9 Å². The van der Waals surface area contributed by atoms with Crippen molar-refractivity contribution in [3.8, 4) is 0 Å². The van der Waals surface area contributed by atoms with Crippen LogP contribution < -0.4 is 0 Å². The van der Waals surface area contributed by atoms with E-state index in [0.717, 1.165) is 57.6 Å². The third kappa shape index (κ3) is 4.03. The summed E-state index contributed by atoms with van der Waals surface area (Å²) < 4.78 is 6.01. The molecule has 3 aliphatic rings. The number of hydrogen-bond donors (Lipinski definition) is 1. The van der Waals surface area contributed by atoms with Gasteiger partial charge in [-0.15, -0.1) is 0 Å². The lowest BCUT2D eigenvalue weighted by Crippen LogP contribution is -2.44. The molecule has 1 spiro atoms. The van der Waals surface area contributed by atoms with Crippen LogP contribution in [0.4, 0.5) is 0 Å². The molecule has 1 aromatic heterocycles. The molecule has 4 rings (SSSR count). The first-order valence-electron chi connectivity index (χ1n) is 10.1. The van der Waals surface area contributed by atoms with E-state index in [1.165, 1.54) is 0 Å². The second-order valence-corrected chi connectivity index (χ2v) is 8.91. The second kappa shape index (κ2) is 7.49. The van der Waals surface area contributed by atoms with Gasteiger partial charge in [-0.1, -0.05) is 6.07 Å². The zero-order valence-corrected chi connectivity index (χ0v) is 16.3. The molecule has 1 aliphatic carbocycles. The summed E-state index contributed by atoms with van der Waals surface area (Å²) in [5, 5.41) is 10.3. The number of rotatable bonds is 6. The monoisotopic (exact) mass is 373 g/mol. The summed E-state index contributed by atoms with van der Waals surface area (Å²) in [4.78, 5) is 21.4. The van der Waals surface area contributed by atoms with Crippen LogP contribution in [0, 0.1) is 11.3 Å². The van der Waals surface area contributed by atoms with Gasteiger partial charge in [0.1, 0.15) is 0 Å². The molecule has 2 aliphatic heterocycles. The molecule has 3 fully saturated rings. The molecule has 6 nitrogen and oxygen atoms in total. The van der Waals surface area contributed by atoms with Crippen LogP contribution >= 0.6 is 0 Å². The lowest BCUT2D eigenvalue weighted by Gasteiger charge is -2.37. The quantitative estimate of drug-likeness (QED) is 0.822. The van der Waals surface area contributed by atoms with Crippen molar-refractivity contribution in [1.82, 2.24) is 14.8 Å². The van der Waals surface area contributed by atoms with E-state index in [0.29, 0.717) is 25.6 Å². The minimum absolute atomic E-state index is 0.122. The molecule has 1 amide bonds. The third-order valence-electron chi connectivity index (χ3n) is 6.78. The fourth-order valence-electron chi connectivity index (χ4n) is 5.05. The molecule has 1 N–H and O–H groups in total. The Hall–Kier alpha value is -1.50. The van der Waals surface area contributed by atoms with Crippen LogP contribution in [0.15, 0.2) is 24.4 Å². The summed E-state index contributed by atoms with van der Waals surface area (Å²) in [6.45, 7) is 4.86. The molecule has 6 heteroatoms. The number of pyridine rings is 1. The molecule has 0 radical (unpaired) electrons. The molecule has 2 saturated heterocycles. The van der Waals surface area contributed by atoms with E-state index in [1.807, 2.05) is 23.1 Å². The maximum atomic E-state index is 12.7. The first-order chi connectivity index (χ1) is 13.0. The Morgan fingerprint density at radius 2 is 2.19 bits per heavy atom. The molecular formula is C21H31N3O3. The van der Waals surface area contributed by atoms with Crippen molar-refractivity contribution in [3.63, 3.8) is 0 Å². The van der Waals surface area contributed by atoms with E-state index < -0.39 is 5.60 Å². The Kier molecular flexibility index (Phi) is 5.23. The molecular weight excluding hydrogens is 342 g/mol. The second-order valence-electron chi connectivity index (χ2n) is 8.91. The Labute approximate surface area is 161 Å². The van der Waals surface area contributed by atoms with E-state index in [-0.39, 0.29) is 11.3 Å². The van der Waals surface area contributed by atoms with Crippen LogP contribution in [0.2, 0.25) is 0 Å². The molecule has 0 unspecified atom stereocenters. The van der Waals surface area contributed by atoms with E-state index in [1.54, 1.807) is 6.20 Å². The minimum atomic E-state index is -0.732. The van der Waals surface area contributed by atoms with Gasteiger partial charge in [-0.25, -0.2) is 0 Å². The van der Waals surface area contributed by atoms with Crippen LogP contribution in [0.25, 0.3) is 0 Å². The fraction of sp³-hybridized carbons (Fsp3) is 0.714. The normalized spacial score (nSPS) is 30.0. The van der Waals surface area contributed by atoms with Gasteiger partial charge in [0.15, 0.2) is 0 Å². The van der Waals surface area contributed by atoms with Gasteiger partial charge in [-0.3, -0.25) is 9.78 Å². The van der Waals surface area contributed by atoms with Gasteiger partial charge in [-0.05, 0) is 44.9 Å². The van der Waals surface area contributed by atoms with Crippen molar-refractivity contribution < 1.29 is 14.6 Å². The molecule has 0 aromatic carbocycles. The Morgan fingerprint density at radius 3 is 2.89 bits per heavy atom. The molecule has 2 atom stereocenters. The first-order valence-corrected chi connectivity index (χ1v) is 10.1. The number of likely N-dealkylation sites (tertiary alicyclic amines) is 2. The number of ether oxygens (including phenoxy) is 1. The van der Waals surface area contributed by atoms with Crippen LogP contribution in [-0.4, -0.2) is 71.2 Å². The van der Waals surface area contributed by atoms with Gasteiger partial charge < -0.3 is 19.6 Å². The highest BCUT2D eigenvalue weighted by Crippen LogP contribution is 2.44. The maximum Gasteiger partial charge on any atom is 0.225 e. The van der Waals surface area contributed by atoms with Crippen molar-refractivity contribution in [2.24, 2.45) is 11.3 Å². The third-order valence-corrected chi connectivity index (χ3v) is 6.78. The average molecular weight is 373 g/mol. The number of nitrogens with zero attached hydrogens (tertiary/aromatic N) is 3. The predicted octanol–water partition coefficient (Wildman–Crippen LogP) is 1.68. The van der Waals surface area contributed by atoms with Gasteiger partial charge in [0, 0.05) is 43.7 Å². The number of aliphatic hydroxyl groups is 1. The SMILES string of the molecule is CN1C[C@H](COCc2ccccn2)[C@]2(CCN(C(=O)CC3(O)CCC3)C2)C1. The molecule has 148 valence electrons. The van der Waals surface area contributed by atoms with Crippen LogP contribution in [0.5, 0.6) is 0 Å². The van der Waals surface area contributed by atoms with E-state index >= 15 is 0 Å². The topological polar surface area (TPSA) is 65.9 Å². The Bertz CT molecular complexity index is 664. The Morgan fingerprint density at radius 1 is 1.33 bits per heavy atom. The van der Waals surface area contributed by atoms with Crippen LogP contribution in [0.1, 0.15) is 37.8 Å². The van der Waals surface area contributed by atoms with Crippen LogP contribution in [0.3, 0.4) is 0 Å². The standard InChI is InChI=1S/C21H31N3O3/c1-23-12-17(13-27-14-18-5-2-3-9-22-18)20(15-23)8-10-24(16-20)19(25)11-21(26)6-4-7-21/h2-3,5,9,17,26H,4,6-8,10-16H2,1H3/t17-,20-/m1/s1. The van der Waals surface area contributed by atoms with E-state index in [4.69, 9.17) is 4.74 Å². The number of carbonyl (C=O) groups excluding carboxylic acids is 1. The number of hydrogen-bond acceptors (Lipinski definition) is 5. The lowest BCUT2D eigenvalue weighted by atomic mass is 9.77. The first kappa shape index (κ1) is 18.8. The fourth-order valence-corrected chi connectivity index (χ4v) is 5.05. The molecule has 3 heterocycles. The predicted molar refractivity (Wildman–Crippen MR) is 102 cm³/mol. The van der Waals surface area contributed by atoms with Crippen molar-refractivity contribution >= 4 is 5.91 Å². The smallest absolute Gasteiger partial charge is 0.225 e. The molecule has 1 saturated carbocycles. The maximum absolute atomic E-state index is 12.7. The highest BCUT2D eigenvalue weighted by Gasteiger charge is 2.51. The van der Waals surface area contributed by atoms with Gasteiger partial charge in [-0.2, -0.15) is 0 Å². The highest BCUT2D eigenvalue weighted by atomic mass is 16.5. The molecule has 1 aromatic rings. The van der Waals surface area contributed by atoms with Gasteiger partial charge in [0.25, 0.3) is 0 Å². The largest absolute Gasteiger partial charge is 0.389 e. The molecule has 27 heavy (non-hydrogen) atoms. The summed E-state index contributed by atoms with van der Waals surface area (Å²) in [5.74, 6) is 0.549. The van der Waals surface area contributed by atoms with Crippen LogP contribution in [-0.2, 0) is 16.1 Å². The zero-order chi connectivity index (χ0) is 18.9. The number of aromatic nitrogens is 1.